The highest BCUT2D eigenvalue weighted by atomic mass is 16.6. The number of nitrogens with zero attached hydrogens (tertiary/aromatic N) is 1. The number of rotatable bonds is 2. The van der Waals surface area contributed by atoms with Crippen LogP contribution >= 0.6 is 0 Å². The van der Waals surface area contributed by atoms with Crippen molar-refractivity contribution < 1.29 is 9.53 Å². The Hall–Kier alpha value is -0.770. The molecule has 4 nitrogen and oxygen atoms in total. The lowest BCUT2D eigenvalue weighted by atomic mass is 9.98. The maximum atomic E-state index is 11.3. The maximum Gasteiger partial charge on any atom is 0.407 e. The van der Waals surface area contributed by atoms with Crippen molar-refractivity contribution in [2.45, 2.75) is 39.2 Å². The summed E-state index contributed by atoms with van der Waals surface area (Å²) in [6, 6.07) is 0. The van der Waals surface area contributed by atoms with E-state index in [4.69, 9.17) is 4.74 Å². The number of hydrogen-bond donors (Lipinski definition) is 1. The SMILES string of the molecule is CC(C)(C)OC(=O)NCC1CC[N]CC1. The molecule has 1 amide bonds. The van der Waals surface area contributed by atoms with Gasteiger partial charge in [-0.1, -0.05) is 0 Å². The van der Waals surface area contributed by atoms with Crippen LogP contribution in [-0.2, 0) is 4.74 Å². The highest BCUT2D eigenvalue weighted by Gasteiger charge is 2.18. The molecule has 0 bridgehead atoms. The van der Waals surface area contributed by atoms with E-state index in [-0.39, 0.29) is 6.09 Å². The molecule has 0 unspecified atom stereocenters. The lowest BCUT2D eigenvalue weighted by Crippen LogP contribution is -2.37. The van der Waals surface area contributed by atoms with Crippen LogP contribution in [0.1, 0.15) is 33.6 Å². The summed E-state index contributed by atoms with van der Waals surface area (Å²) in [5, 5.41) is 7.08. The van der Waals surface area contributed by atoms with Gasteiger partial charge in [-0.05, 0) is 39.5 Å². The van der Waals surface area contributed by atoms with Gasteiger partial charge in [0, 0.05) is 19.6 Å². The molecule has 1 rings (SSSR count). The number of hydrogen-bond acceptors (Lipinski definition) is 2. The molecule has 1 N–H and O–H groups in total. The molecule has 0 spiro atoms. The van der Waals surface area contributed by atoms with Crippen molar-refractivity contribution >= 4 is 6.09 Å². The van der Waals surface area contributed by atoms with Gasteiger partial charge in [-0.3, -0.25) is 0 Å². The number of carbonyl (C=O) groups is 1. The molecule has 1 saturated heterocycles. The molecule has 0 aromatic carbocycles. The smallest absolute Gasteiger partial charge is 0.407 e. The molecule has 4 heteroatoms. The second-order valence-corrected chi connectivity index (χ2v) is 5.00. The Bertz CT molecular complexity index is 205. The Labute approximate surface area is 91.8 Å². The largest absolute Gasteiger partial charge is 0.444 e. The van der Waals surface area contributed by atoms with E-state index in [0.29, 0.717) is 12.5 Å². The first kappa shape index (κ1) is 12.3. The first-order valence-corrected chi connectivity index (χ1v) is 5.57. The minimum Gasteiger partial charge on any atom is -0.444 e. The van der Waals surface area contributed by atoms with Gasteiger partial charge in [0.1, 0.15) is 5.60 Å². The van der Waals surface area contributed by atoms with E-state index in [1.54, 1.807) is 0 Å². The number of amides is 1. The fraction of sp³-hybridized carbons (Fsp3) is 0.909. The minimum absolute atomic E-state index is 0.315. The van der Waals surface area contributed by atoms with Crippen molar-refractivity contribution in [1.82, 2.24) is 10.6 Å². The lowest BCUT2D eigenvalue weighted by Gasteiger charge is -2.23. The third kappa shape index (κ3) is 5.62. The van der Waals surface area contributed by atoms with Gasteiger partial charge in [-0.25, -0.2) is 10.1 Å². The summed E-state index contributed by atoms with van der Waals surface area (Å²) in [7, 11) is 0. The Morgan fingerprint density at radius 1 is 1.40 bits per heavy atom. The van der Waals surface area contributed by atoms with Gasteiger partial charge in [0.25, 0.3) is 0 Å². The van der Waals surface area contributed by atoms with Crippen molar-refractivity contribution in [2.24, 2.45) is 5.92 Å². The fourth-order valence-corrected chi connectivity index (χ4v) is 1.55. The summed E-state index contributed by atoms with van der Waals surface area (Å²) < 4.78 is 5.16. The van der Waals surface area contributed by atoms with Crippen LogP contribution in [0.4, 0.5) is 4.79 Å². The molecule has 1 aliphatic heterocycles. The molecule has 87 valence electrons. The quantitative estimate of drug-likeness (QED) is 0.756. The zero-order chi connectivity index (χ0) is 11.3. The summed E-state index contributed by atoms with van der Waals surface area (Å²) in [5.41, 5.74) is -0.411. The molecular weight excluding hydrogens is 192 g/mol. The maximum absolute atomic E-state index is 11.3. The van der Waals surface area contributed by atoms with Gasteiger partial charge >= 0.3 is 6.09 Å². The summed E-state index contributed by atoms with van der Waals surface area (Å²) in [6.45, 7) is 8.18. The van der Waals surface area contributed by atoms with Crippen molar-refractivity contribution in [1.29, 1.82) is 0 Å². The van der Waals surface area contributed by atoms with Gasteiger partial charge in [0.05, 0.1) is 0 Å². The monoisotopic (exact) mass is 213 g/mol. The number of nitrogens with one attached hydrogen (secondary N) is 1. The van der Waals surface area contributed by atoms with Crippen LogP contribution in [0.15, 0.2) is 0 Å². The van der Waals surface area contributed by atoms with Crippen molar-refractivity contribution in [3.8, 4) is 0 Å². The summed E-state index contributed by atoms with van der Waals surface area (Å²) >= 11 is 0. The van der Waals surface area contributed by atoms with E-state index in [2.05, 4.69) is 10.6 Å². The van der Waals surface area contributed by atoms with Gasteiger partial charge in [0.2, 0.25) is 0 Å². The molecular formula is C11H21N2O2. The molecule has 0 aromatic heterocycles. The second kappa shape index (κ2) is 5.35. The summed E-state index contributed by atoms with van der Waals surface area (Å²) in [4.78, 5) is 11.3. The van der Waals surface area contributed by atoms with Gasteiger partial charge < -0.3 is 10.1 Å². The Kier molecular flexibility index (Phi) is 4.39. The van der Waals surface area contributed by atoms with Crippen LogP contribution in [0.25, 0.3) is 0 Å². The number of alkyl carbamates (subject to hydrolysis) is 1. The average Bonchev–Trinajstić information content (AvgIpc) is 2.14. The van der Waals surface area contributed by atoms with E-state index in [1.807, 2.05) is 20.8 Å². The van der Waals surface area contributed by atoms with Crippen LogP contribution < -0.4 is 10.6 Å². The Morgan fingerprint density at radius 2 is 2.00 bits per heavy atom. The molecule has 1 fully saturated rings. The zero-order valence-electron chi connectivity index (χ0n) is 9.88. The van der Waals surface area contributed by atoms with Crippen LogP contribution in [0.3, 0.4) is 0 Å². The zero-order valence-corrected chi connectivity index (χ0v) is 9.88. The fourth-order valence-electron chi connectivity index (χ4n) is 1.55. The highest BCUT2D eigenvalue weighted by Crippen LogP contribution is 2.11. The van der Waals surface area contributed by atoms with Crippen molar-refractivity contribution in [3.05, 3.63) is 0 Å². The number of piperidine rings is 1. The summed E-state index contributed by atoms with van der Waals surface area (Å²) in [5.74, 6) is 0.565. The average molecular weight is 213 g/mol. The molecule has 0 aliphatic carbocycles. The first-order valence-electron chi connectivity index (χ1n) is 5.57. The Morgan fingerprint density at radius 3 is 2.53 bits per heavy atom. The van der Waals surface area contributed by atoms with E-state index < -0.39 is 5.60 Å². The van der Waals surface area contributed by atoms with Crippen LogP contribution in [0.5, 0.6) is 0 Å². The van der Waals surface area contributed by atoms with Crippen molar-refractivity contribution in [2.75, 3.05) is 19.6 Å². The van der Waals surface area contributed by atoms with E-state index in [9.17, 15) is 4.79 Å². The van der Waals surface area contributed by atoms with Gasteiger partial charge in [-0.2, -0.15) is 0 Å². The normalized spacial score (nSPS) is 18.6. The number of carbonyl (C=O) groups excluding carboxylic acids is 1. The predicted octanol–water partition coefficient (Wildman–Crippen LogP) is 1.53. The lowest BCUT2D eigenvalue weighted by molar-refractivity contribution is 0.0516. The number of ether oxygens (including phenoxy) is 1. The molecule has 1 radical (unpaired) electrons. The van der Waals surface area contributed by atoms with Crippen LogP contribution in [0, 0.1) is 5.92 Å². The molecule has 1 heterocycles. The molecule has 0 saturated carbocycles. The summed E-state index contributed by atoms with van der Waals surface area (Å²) in [6.07, 6.45) is 1.84. The van der Waals surface area contributed by atoms with Crippen LogP contribution in [-0.4, -0.2) is 31.3 Å². The predicted molar refractivity (Wildman–Crippen MR) is 58.8 cm³/mol. The molecule has 15 heavy (non-hydrogen) atoms. The Balaban J connectivity index is 2.15. The molecule has 1 aliphatic rings. The van der Waals surface area contributed by atoms with Crippen LogP contribution in [0.2, 0.25) is 0 Å². The van der Waals surface area contributed by atoms with E-state index >= 15 is 0 Å². The first-order chi connectivity index (χ1) is 6.97. The topological polar surface area (TPSA) is 52.4 Å². The molecule has 0 aromatic rings. The standard InChI is InChI=1S/C11H21N2O2/c1-11(2,3)15-10(14)13-8-9-4-6-12-7-5-9/h9H,4-8H2,1-3H3,(H,13,14). The van der Waals surface area contributed by atoms with Gasteiger partial charge in [0.15, 0.2) is 0 Å². The van der Waals surface area contributed by atoms with E-state index in [1.165, 1.54) is 0 Å². The molecule has 0 atom stereocenters. The van der Waals surface area contributed by atoms with Gasteiger partial charge in [-0.15, -0.1) is 0 Å². The van der Waals surface area contributed by atoms with Crippen molar-refractivity contribution in [3.63, 3.8) is 0 Å². The third-order valence-electron chi connectivity index (χ3n) is 2.32. The van der Waals surface area contributed by atoms with E-state index in [0.717, 1.165) is 25.9 Å². The third-order valence-corrected chi connectivity index (χ3v) is 2.32. The minimum atomic E-state index is -0.411. The highest BCUT2D eigenvalue weighted by molar-refractivity contribution is 5.67. The second-order valence-electron chi connectivity index (χ2n) is 5.00.